The number of hydrogen-bond donors (Lipinski definition) is 0. The number of alkyl halides is 2. The van der Waals surface area contributed by atoms with E-state index in [9.17, 15) is 8.78 Å². The van der Waals surface area contributed by atoms with E-state index in [1.165, 1.54) is 0 Å². The van der Waals surface area contributed by atoms with Gasteiger partial charge < -0.3 is 4.74 Å². The molecule has 0 atom stereocenters. The van der Waals surface area contributed by atoms with Crippen LogP contribution in [0.25, 0.3) is 0 Å². The third kappa shape index (κ3) is 3.62. The Morgan fingerprint density at radius 2 is 1.94 bits per heavy atom. The van der Waals surface area contributed by atoms with Gasteiger partial charge in [0.05, 0.1) is 6.61 Å². The van der Waals surface area contributed by atoms with Crippen LogP contribution in [0.3, 0.4) is 0 Å². The Labute approximate surface area is 106 Å². The van der Waals surface area contributed by atoms with Crippen molar-refractivity contribution < 1.29 is 13.5 Å². The zero-order valence-corrected chi connectivity index (χ0v) is 10.7. The van der Waals surface area contributed by atoms with Crippen molar-refractivity contribution in [3.63, 3.8) is 0 Å². The van der Waals surface area contributed by atoms with E-state index in [1.807, 2.05) is 6.92 Å². The van der Waals surface area contributed by atoms with Crippen molar-refractivity contribution >= 4 is 0 Å². The Morgan fingerprint density at radius 3 is 2.56 bits per heavy atom. The molecule has 5 heteroatoms. The molecule has 1 aromatic heterocycles. The summed E-state index contributed by atoms with van der Waals surface area (Å²) in [4.78, 5) is 8.32. The van der Waals surface area contributed by atoms with Crippen LogP contribution < -0.4 is 4.74 Å². The van der Waals surface area contributed by atoms with Crippen LogP contribution in [-0.2, 0) is 0 Å². The molecule has 0 aromatic carbocycles. The second-order valence-corrected chi connectivity index (χ2v) is 5.01. The van der Waals surface area contributed by atoms with Crippen LogP contribution in [0.1, 0.15) is 37.2 Å². The third-order valence-electron chi connectivity index (χ3n) is 3.25. The van der Waals surface area contributed by atoms with Crippen molar-refractivity contribution in [2.75, 3.05) is 6.61 Å². The van der Waals surface area contributed by atoms with E-state index in [2.05, 4.69) is 9.97 Å². The summed E-state index contributed by atoms with van der Waals surface area (Å²) in [5.74, 6) is -1.06. The standard InChI is InChI=1S/C13H18F2N2O/c1-9-7-12(17-10(2)16-9)18-8-11-3-5-13(14,15)6-4-11/h7,11H,3-6,8H2,1-2H3. The molecule has 1 aromatic rings. The van der Waals surface area contributed by atoms with Gasteiger partial charge in [0, 0.05) is 24.6 Å². The fourth-order valence-corrected chi connectivity index (χ4v) is 2.23. The van der Waals surface area contributed by atoms with Crippen molar-refractivity contribution in [3.8, 4) is 5.88 Å². The van der Waals surface area contributed by atoms with Crippen LogP contribution in [0.2, 0.25) is 0 Å². The molecule has 2 rings (SSSR count). The fourth-order valence-electron chi connectivity index (χ4n) is 2.23. The molecule has 0 unspecified atom stereocenters. The van der Waals surface area contributed by atoms with Gasteiger partial charge in [-0.25, -0.2) is 13.8 Å². The van der Waals surface area contributed by atoms with Gasteiger partial charge in [-0.05, 0) is 32.6 Å². The number of halogens is 2. The van der Waals surface area contributed by atoms with Gasteiger partial charge in [-0.1, -0.05) is 0 Å². The lowest BCUT2D eigenvalue weighted by Crippen LogP contribution is -2.27. The zero-order valence-electron chi connectivity index (χ0n) is 10.7. The maximum absolute atomic E-state index is 13.0. The maximum atomic E-state index is 13.0. The summed E-state index contributed by atoms with van der Waals surface area (Å²) < 4.78 is 31.6. The van der Waals surface area contributed by atoms with Gasteiger partial charge in [-0.15, -0.1) is 0 Å². The zero-order chi connectivity index (χ0) is 13.2. The van der Waals surface area contributed by atoms with Gasteiger partial charge in [0.25, 0.3) is 0 Å². The van der Waals surface area contributed by atoms with Crippen LogP contribution in [0.5, 0.6) is 5.88 Å². The molecule has 0 amide bonds. The first kappa shape index (κ1) is 13.2. The fraction of sp³-hybridized carbons (Fsp3) is 0.692. The van der Waals surface area contributed by atoms with Gasteiger partial charge in [-0.2, -0.15) is 4.98 Å². The molecular formula is C13H18F2N2O. The van der Waals surface area contributed by atoms with Crippen LogP contribution >= 0.6 is 0 Å². The lowest BCUT2D eigenvalue weighted by molar-refractivity contribution is -0.0500. The Hall–Kier alpha value is -1.26. The second-order valence-electron chi connectivity index (χ2n) is 5.01. The summed E-state index contributed by atoms with van der Waals surface area (Å²) in [5.41, 5.74) is 0.854. The topological polar surface area (TPSA) is 35.0 Å². The lowest BCUT2D eigenvalue weighted by Gasteiger charge is -2.27. The quantitative estimate of drug-likeness (QED) is 0.832. The minimum atomic E-state index is -2.47. The van der Waals surface area contributed by atoms with E-state index in [0.717, 1.165) is 5.69 Å². The second kappa shape index (κ2) is 5.16. The molecule has 1 aliphatic rings. The van der Waals surface area contributed by atoms with Gasteiger partial charge in [-0.3, -0.25) is 0 Å². The van der Waals surface area contributed by atoms with Gasteiger partial charge in [0.2, 0.25) is 11.8 Å². The highest BCUT2D eigenvalue weighted by Crippen LogP contribution is 2.36. The highest BCUT2D eigenvalue weighted by Gasteiger charge is 2.35. The summed E-state index contributed by atoms with van der Waals surface area (Å²) in [6.07, 6.45) is 0.998. The maximum Gasteiger partial charge on any atom is 0.248 e. The molecule has 3 nitrogen and oxygen atoms in total. The first-order chi connectivity index (χ1) is 8.44. The largest absolute Gasteiger partial charge is 0.477 e. The highest BCUT2D eigenvalue weighted by atomic mass is 19.3. The van der Waals surface area contributed by atoms with Gasteiger partial charge in [0.1, 0.15) is 5.82 Å². The average molecular weight is 256 g/mol. The molecule has 0 bridgehead atoms. The van der Waals surface area contributed by atoms with E-state index in [4.69, 9.17) is 4.74 Å². The monoisotopic (exact) mass is 256 g/mol. The number of nitrogens with zero attached hydrogens (tertiary/aromatic N) is 2. The molecule has 0 radical (unpaired) electrons. The Balaban J connectivity index is 1.85. The van der Waals surface area contributed by atoms with E-state index < -0.39 is 5.92 Å². The third-order valence-corrected chi connectivity index (χ3v) is 3.25. The molecule has 1 fully saturated rings. The average Bonchev–Trinajstić information content (AvgIpc) is 2.26. The number of aryl methyl sites for hydroxylation is 2. The van der Waals surface area contributed by atoms with Crippen molar-refractivity contribution in [3.05, 3.63) is 17.6 Å². The van der Waals surface area contributed by atoms with E-state index in [-0.39, 0.29) is 18.8 Å². The number of rotatable bonds is 3. The van der Waals surface area contributed by atoms with E-state index in [0.29, 0.717) is 31.2 Å². The summed E-state index contributed by atoms with van der Waals surface area (Å²) in [5, 5.41) is 0. The van der Waals surface area contributed by atoms with Gasteiger partial charge >= 0.3 is 0 Å². The van der Waals surface area contributed by atoms with Crippen molar-refractivity contribution in [1.82, 2.24) is 9.97 Å². The SMILES string of the molecule is Cc1cc(OCC2CCC(F)(F)CC2)nc(C)n1. The molecule has 0 spiro atoms. The summed E-state index contributed by atoms with van der Waals surface area (Å²) in [6.45, 7) is 4.15. The van der Waals surface area contributed by atoms with E-state index in [1.54, 1.807) is 13.0 Å². The highest BCUT2D eigenvalue weighted by molar-refractivity contribution is 5.14. The lowest BCUT2D eigenvalue weighted by atomic mass is 9.87. The number of aromatic nitrogens is 2. The molecular weight excluding hydrogens is 238 g/mol. The minimum absolute atomic E-state index is 0.0249. The number of ether oxygens (including phenoxy) is 1. The Bertz CT molecular complexity index is 393. The summed E-state index contributed by atoms with van der Waals surface area (Å²) in [6, 6.07) is 1.77. The van der Waals surface area contributed by atoms with Crippen molar-refractivity contribution in [1.29, 1.82) is 0 Å². The minimum Gasteiger partial charge on any atom is -0.477 e. The van der Waals surface area contributed by atoms with Gasteiger partial charge in [0.15, 0.2) is 0 Å². The van der Waals surface area contributed by atoms with E-state index >= 15 is 0 Å². The normalized spacial score (nSPS) is 19.8. The predicted octanol–water partition coefficient (Wildman–Crippen LogP) is 3.30. The number of hydrogen-bond acceptors (Lipinski definition) is 3. The molecule has 1 aliphatic carbocycles. The summed E-state index contributed by atoms with van der Waals surface area (Å²) in [7, 11) is 0. The van der Waals surface area contributed by atoms with Crippen LogP contribution in [-0.4, -0.2) is 22.5 Å². The molecule has 1 saturated carbocycles. The molecule has 0 N–H and O–H groups in total. The summed E-state index contributed by atoms with van der Waals surface area (Å²) >= 11 is 0. The molecule has 18 heavy (non-hydrogen) atoms. The van der Waals surface area contributed by atoms with Crippen LogP contribution in [0, 0.1) is 19.8 Å². The Morgan fingerprint density at radius 1 is 1.28 bits per heavy atom. The van der Waals surface area contributed by atoms with Crippen LogP contribution in [0.15, 0.2) is 6.07 Å². The Kier molecular flexibility index (Phi) is 3.78. The molecule has 0 saturated heterocycles. The predicted molar refractivity (Wildman–Crippen MR) is 63.9 cm³/mol. The van der Waals surface area contributed by atoms with Crippen molar-refractivity contribution in [2.24, 2.45) is 5.92 Å². The van der Waals surface area contributed by atoms with Crippen molar-refractivity contribution in [2.45, 2.75) is 45.5 Å². The first-order valence-corrected chi connectivity index (χ1v) is 6.27. The molecule has 1 heterocycles. The molecule has 0 aliphatic heterocycles. The molecule has 100 valence electrons. The first-order valence-electron chi connectivity index (χ1n) is 6.27. The smallest absolute Gasteiger partial charge is 0.248 e. The van der Waals surface area contributed by atoms with Crippen LogP contribution in [0.4, 0.5) is 8.78 Å².